The fraction of sp³-hybridized carbons (Fsp3) is 0.588. The van der Waals surface area contributed by atoms with Crippen molar-refractivity contribution >= 4 is 5.91 Å². The number of hydrogen-bond donors (Lipinski definition) is 2. The van der Waals surface area contributed by atoms with Gasteiger partial charge in [-0.05, 0) is 31.2 Å². The molecule has 1 fully saturated rings. The van der Waals surface area contributed by atoms with Gasteiger partial charge in [-0.15, -0.1) is 0 Å². The van der Waals surface area contributed by atoms with E-state index in [2.05, 4.69) is 25.3 Å². The molecule has 1 unspecified atom stereocenters. The molecular weight excluding hydrogens is 306 g/mol. The molecule has 1 amide bonds. The number of aromatic amines is 1. The first-order valence-corrected chi connectivity index (χ1v) is 8.56. The van der Waals surface area contributed by atoms with Gasteiger partial charge in [0.15, 0.2) is 0 Å². The Morgan fingerprint density at radius 2 is 2.42 bits per heavy atom. The molecule has 0 spiro atoms. The topological polar surface area (TPSA) is 87.0 Å². The van der Waals surface area contributed by atoms with Crippen LogP contribution in [0.4, 0.5) is 0 Å². The van der Waals surface area contributed by atoms with Gasteiger partial charge in [-0.3, -0.25) is 9.69 Å². The van der Waals surface area contributed by atoms with Crippen LogP contribution in [-0.4, -0.2) is 45.6 Å². The average molecular weight is 331 g/mol. The van der Waals surface area contributed by atoms with Gasteiger partial charge < -0.3 is 14.8 Å². The number of likely N-dealkylation sites (tertiary alicyclic amines) is 1. The molecule has 1 saturated heterocycles. The van der Waals surface area contributed by atoms with Crippen LogP contribution in [0.2, 0.25) is 0 Å². The van der Waals surface area contributed by atoms with Gasteiger partial charge in [0.05, 0.1) is 12.0 Å². The second kappa shape index (κ2) is 7.61. The van der Waals surface area contributed by atoms with Gasteiger partial charge in [0, 0.05) is 37.6 Å². The van der Waals surface area contributed by atoms with E-state index >= 15 is 0 Å². The molecule has 1 aliphatic heterocycles. The van der Waals surface area contributed by atoms with Gasteiger partial charge in [0.2, 0.25) is 5.76 Å². The molecule has 24 heavy (non-hydrogen) atoms. The highest BCUT2D eigenvalue weighted by Gasteiger charge is 2.22. The zero-order chi connectivity index (χ0) is 16.9. The first kappa shape index (κ1) is 16.7. The Morgan fingerprint density at radius 3 is 3.12 bits per heavy atom. The average Bonchev–Trinajstić information content (AvgIpc) is 3.24. The van der Waals surface area contributed by atoms with Crippen LogP contribution in [-0.2, 0) is 6.54 Å². The first-order chi connectivity index (χ1) is 11.6. The second-order valence-corrected chi connectivity index (χ2v) is 6.80. The molecule has 3 rings (SSSR count). The molecule has 1 aliphatic rings. The summed E-state index contributed by atoms with van der Waals surface area (Å²) in [5, 5.41) is 6.91. The lowest BCUT2D eigenvalue weighted by atomic mass is 9.98. The highest BCUT2D eigenvalue weighted by molar-refractivity contribution is 5.91. The summed E-state index contributed by atoms with van der Waals surface area (Å²) in [6.07, 6.45) is 5.85. The lowest BCUT2D eigenvalue weighted by Crippen LogP contribution is -2.40. The quantitative estimate of drug-likeness (QED) is 0.847. The molecule has 0 aromatic carbocycles. The van der Waals surface area contributed by atoms with E-state index in [1.165, 1.54) is 0 Å². The van der Waals surface area contributed by atoms with Crippen molar-refractivity contribution in [1.29, 1.82) is 0 Å². The number of amides is 1. The van der Waals surface area contributed by atoms with Crippen LogP contribution in [0, 0.1) is 5.92 Å². The third-order valence-electron chi connectivity index (χ3n) is 4.45. The van der Waals surface area contributed by atoms with Crippen molar-refractivity contribution in [3.8, 4) is 0 Å². The first-order valence-electron chi connectivity index (χ1n) is 8.56. The van der Waals surface area contributed by atoms with Crippen LogP contribution in [0.1, 0.15) is 54.5 Å². The van der Waals surface area contributed by atoms with Crippen LogP contribution in [0.3, 0.4) is 0 Å². The van der Waals surface area contributed by atoms with E-state index in [-0.39, 0.29) is 11.8 Å². The van der Waals surface area contributed by atoms with E-state index in [4.69, 9.17) is 4.52 Å². The Balaban J connectivity index is 1.47. The van der Waals surface area contributed by atoms with Crippen molar-refractivity contribution in [3.63, 3.8) is 0 Å². The molecule has 2 N–H and O–H groups in total. The molecule has 0 saturated carbocycles. The standard InChI is InChI=1S/C17H25N5O2/c1-12(2)15-6-16(24-21-15)17(23)19-7-13-4-3-5-22(9-13)10-14-8-18-11-20-14/h6,8,11-13H,3-5,7,9-10H2,1-2H3,(H,18,20)(H,19,23). The Kier molecular flexibility index (Phi) is 5.30. The number of aromatic nitrogens is 3. The number of carbonyl (C=O) groups is 1. The molecule has 0 radical (unpaired) electrons. The van der Waals surface area contributed by atoms with Gasteiger partial charge in [-0.25, -0.2) is 4.98 Å². The van der Waals surface area contributed by atoms with Gasteiger partial charge >= 0.3 is 0 Å². The molecular formula is C17H25N5O2. The number of carbonyl (C=O) groups excluding carboxylic acids is 1. The number of piperidine rings is 1. The van der Waals surface area contributed by atoms with Crippen LogP contribution < -0.4 is 5.32 Å². The molecule has 0 bridgehead atoms. The van der Waals surface area contributed by atoms with E-state index in [0.717, 1.165) is 43.9 Å². The minimum absolute atomic E-state index is 0.180. The largest absolute Gasteiger partial charge is 0.351 e. The minimum atomic E-state index is -0.180. The van der Waals surface area contributed by atoms with Gasteiger partial charge in [-0.2, -0.15) is 0 Å². The van der Waals surface area contributed by atoms with Crippen LogP contribution >= 0.6 is 0 Å². The Labute approximate surface area is 141 Å². The molecule has 1 atom stereocenters. The lowest BCUT2D eigenvalue weighted by Gasteiger charge is -2.32. The summed E-state index contributed by atoms with van der Waals surface area (Å²) in [5.41, 5.74) is 1.94. The number of imidazole rings is 1. The number of H-pyrrole nitrogens is 1. The smallest absolute Gasteiger partial charge is 0.289 e. The number of nitrogens with zero attached hydrogens (tertiary/aromatic N) is 3. The van der Waals surface area contributed by atoms with E-state index in [1.54, 1.807) is 12.4 Å². The van der Waals surface area contributed by atoms with Crippen molar-refractivity contribution in [2.45, 2.75) is 39.2 Å². The third kappa shape index (κ3) is 4.23. The fourth-order valence-corrected chi connectivity index (χ4v) is 3.07. The molecule has 130 valence electrons. The third-order valence-corrected chi connectivity index (χ3v) is 4.45. The van der Waals surface area contributed by atoms with Crippen molar-refractivity contribution in [3.05, 3.63) is 35.7 Å². The maximum atomic E-state index is 12.2. The summed E-state index contributed by atoms with van der Waals surface area (Å²) < 4.78 is 5.14. The number of nitrogens with one attached hydrogen (secondary N) is 2. The van der Waals surface area contributed by atoms with Gasteiger partial charge in [0.1, 0.15) is 0 Å². The summed E-state index contributed by atoms with van der Waals surface area (Å²) in [4.78, 5) is 21.8. The molecule has 7 nitrogen and oxygen atoms in total. The van der Waals surface area contributed by atoms with E-state index in [0.29, 0.717) is 18.2 Å². The number of hydrogen-bond acceptors (Lipinski definition) is 5. The fourth-order valence-electron chi connectivity index (χ4n) is 3.07. The SMILES string of the molecule is CC(C)c1cc(C(=O)NCC2CCCN(Cc3cnc[nH]3)C2)on1. The van der Waals surface area contributed by atoms with E-state index < -0.39 is 0 Å². The molecule has 3 heterocycles. The zero-order valence-corrected chi connectivity index (χ0v) is 14.3. The Morgan fingerprint density at radius 1 is 1.54 bits per heavy atom. The second-order valence-electron chi connectivity index (χ2n) is 6.80. The van der Waals surface area contributed by atoms with Gasteiger partial charge in [-0.1, -0.05) is 19.0 Å². The normalized spacial score (nSPS) is 18.9. The summed E-state index contributed by atoms with van der Waals surface area (Å²) in [5.74, 6) is 0.826. The van der Waals surface area contributed by atoms with Crippen LogP contribution in [0.15, 0.2) is 23.1 Å². The summed E-state index contributed by atoms with van der Waals surface area (Å²) in [6.45, 7) is 7.66. The van der Waals surface area contributed by atoms with Crippen molar-refractivity contribution in [2.24, 2.45) is 5.92 Å². The predicted molar refractivity (Wildman–Crippen MR) is 89.5 cm³/mol. The maximum Gasteiger partial charge on any atom is 0.289 e. The zero-order valence-electron chi connectivity index (χ0n) is 14.3. The lowest BCUT2D eigenvalue weighted by molar-refractivity contribution is 0.0893. The molecule has 2 aromatic heterocycles. The van der Waals surface area contributed by atoms with E-state index in [9.17, 15) is 4.79 Å². The monoisotopic (exact) mass is 331 g/mol. The van der Waals surface area contributed by atoms with Crippen LogP contribution in [0.25, 0.3) is 0 Å². The van der Waals surface area contributed by atoms with Crippen molar-refractivity contribution in [1.82, 2.24) is 25.3 Å². The van der Waals surface area contributed by atoms with E-state index in [1.807, 2.05) is 20.0 Å². The van der Waals surface area contributed by atoms with Gasteiger partial charge in [0.25, 0.3) is 5.91 Å². The van der Waals surface area contributed by atoms with Crippen LogP contribution in [0.5, 0.6) is 0 Å². The Hall–Kier alpha value is -2.15. The highest BCUT2D eigenvalue weighted by atomic mass is 16.5. The highest BCUT2D eigenvalue weighted by Crippen LogP contribution is 2.18. The Bertz CT molecular complexity index is 650. The molecule has 7 heteroatoms. The maximum absolute atomic E-state index is 12.2. The molecule has 2 aromatic rings. The molecule has 0 aliphatic carbocycles. The summed E-state index contributed by atoms with van der Waals surface area (Å²) in [7, 11) is 0. The number of rotatable bonds is 6. The summed E-state index contributed by atoms with van der Waals surface area (Å²) >= 11 is 0. The predicted octanol–water partition coefficient (Wildman–Crippen LogP) is 2.16. The van der Waals surface area contributed by atoms with Crippen molar-refractivity contribution in [2.75, 3.05) is 19.6 Å². The minimum Gasteiger partial charge on any atom is -0.351 e. The summed E-state index contributed by atoms with van der Waals surface area (Å²) in [6, 6.07) is 1.73. The van der Waals surface area contributed by atoms with Crippen molar-refractivity contribution < 1.29 is 9.32 Å².